The number of benzene rings is 3. The van der Waals surface area contributed by atoms with Gasteiger partial charge in [0.25, 0.3) is 5.56 Å². The van der Waals surface area contributed by atoms with Crippen LogP contribution in [0.2, 0.25) is 0 Å². The summed E-state index contributed by atoms with van der Waals surface area (Å²) in [4.78, 5) is 43.1. The van der Waals surface area contributed by atoms with E-state index in [2.05, 4.69) is 20.9 Å². The van der Waals surface area contributed by atoms with Crippen LogP contribution >= 0.6 is 0 Å². The van der Waals surface area contributed by atoms with Gasteiger partial charge in [0.15, 0.2) is 5.82 Å². The average molecular weight is 625 g/mol. The maximum atomic E-state index is 13.4. The highest BCUT2D eigenvalue weighted by Gasteiger charge is 2.24. The minimum atomic E-state index is -0.455. The lowest BCUT2D eigenvalue weighted by Gasteiger charge is -2.17. The Bertz CT molecular complexity index is 1650. The number of aromatic nitrogens is 2. The van der Waals surface area contributed by atoms with Gasteiger partial charge >= 0.3 is 0 Å². The van der Waals surface area contributed by atoms with Crippen molar-refractivity contribution in [3.8, 4) is 11.3 Å². The summed E-state index contributed by atoms with van der Waals surface area (Å²) in [6.07, 6.45) is 4.11. The number of carbonyl (C=O) groups is 2. The highest BCUT2D eigenvalue weighted by Crippen LogP contribution is 2.33. The SMILES string of the molecule is C.CC(C)Nc1ncc(-c2cc(N)cc(NC(=O)CC3CC3)c2)n(CC(=O)NCc2ccc(C(=N)N)cc2)c1=O.c1ccccc1. The highest BCUT2D eigenvalue weighted by atomic mass is 16.2. The van der Waals surface area contributed by atoms with E-state index in [1.54, 1.807) is 42.5 Å². The molecule has 2 amide bonds. The number of nitrogens with zero attached hydrogens (tertiary/aromatic N) is 2. The van der Waals surface area contributed by atoms with Crippen LogP contribution in [-0.2, 0) is 22.7 Å². The molecule has 5 rings (SSSR count). The Balaban J connectivity index is 0.000000738. The topological polar surface area (TPSA) is 181 Å². The Labute approximate surface area is 270 Å². The summed E-state index contributed by atoms with van der Waals surface area (Å²) >= 11 is 0. The predicted octanol–water partition coefficient (Wildman–Crippen LogP) is 4.97. The molecule has 1 fully saturated rings. The van der Waals surface area contributed by atoms with Gasteiger partial charge in [-0.25, -0.2) is 4.98 Å². The lowest BCUT2D eigenvalue weighted by molar-refractivity contribution is -0.122. The molecular weight excluding hydrogens is 580 g/mol. The van der Waals surface area contributed by atoms with Crippen LogP contribution < -0.4 is 33.0 Å². The van der Waals surface area contributed by atoms with E-state index < -0.39 is 5.56 Å². The fraction of sp³-hybridized carbons (Fsp3) is 0.286. The standard InChI is InChI=1S/C28H34N8O3.C6H6.CH4/c1-16(2)34-27-28(39)36(15-25(38)32-13-18-5-7-19(8-6-18)26(30)31)23(14-33-27)20-10-21(29)12-22(11-20)35-24(37)9-17-3-4-17;1-2-4-6-5-3-1;/h5-8,10-12,14,16-17H,3-4,9,13,15,29H2,1-2H3,(H3,30,31)(H,32,38)(H,33,34)(H,35,37);1-6H;1H4. The zero-order valence-electron chi connectivity index (χ0n) is 25.5. The summed E-state index contributed by atoms with van der Waals surface area (Å²) in [7, 11) is 0. The molecule has 46 heavy (non-hydrogen) atoms. The number of nitrogens with one attached hydrogen (secondary N) is 4. The summed E-state index contributed by atoms with van der Waals surface area (Å²) in [5.74, 6) is 0.0669. The van der Waals surface area contributed by atoms with Crippen LogP contribution in [0.25, 0.3) is 11.3 Å². The Morgan fingerprint density at radius 2 is 1.63 bits per heavy atom. The zero-order valence-corrected chi connectivity index (χ0v) is 25.5. The molecule has 11 heteroatoms. The van der Waals surface area contributed by atoms with E-state index in [1.807, 2.05) is 50.2 Å². The van der Waals surface area contributed by atoms with Gasteiger partial charge in [-0.1, -0.05) is 68.1 Å². The van der Waals surface area contributed by atoms with Gasteiger partial charge in [0, 0.05) is 41.5 Å². The number of hydrogen-bond donors (Lipinski definition) is 6. The van der Waals surface area contributed by atoms with Crippen molar-refractivity contribution in [2.45, 2.75) is 59.7 Å². The molecule has 1 aromatic heterocycles. The van der Waals surface area contributed by atoms with Crippen molar-refractivity contribution in [3.05, 3.63) is 107 Å². The first-order valence-corrected chi connectivity index (χ1v) is 14.9. The molecule has 3 aromatic carbocycles. The molecule has 1 saturated carbocycles. The molecule has 8 N–H and O–H groups in total. The first-order chi connectivity index (χ1) is 21.6. The minimum Gasteiger partial charge on any atom is -0.399 e. The van der Waals surface area contributed by atoms with Gasteiger partial charge in [0.1, 0.15) is 12.4 Å². The molecule has 11 nitrogen and oxygen atoms in total. The van der Waals surface area contributed by atoms with E-state index in [4.69, 9.17) is 16.9 Å². The van der Waals surface area contributed by atoms with Crippen LogP contribution in [0, 0.1) is 11.3 Å². The highest BCUT2D eigenvalue weighted by molar-refractivity contribution is 5.95. The number of carbonyl (C=O) groups excluding carboxylic acids is 2. The Kier molecular flexibility index (Phi) is 12.6. The van der Waals surface area contributed by atoms with Gasteiger partial charge in [-0.15, -0.1) is 0 Å². The number of amides is 2. The molecule has 0 atom stereocenters. The van der Waals surface area contributed by atoms with E-state index in [0.717, 1.165) is 18.4 Å². The molecule has 0 spiro atoms. The third-order valence-electron chi connectivity index (χ3n) is 6.91. The molecule has 1 heterocycles. The fourth-order valence-electron chi connectivity index (χ4n) is 4.50. The largest absolute Gasteiger partial charge is 0.399 e. The zero-order chi connectivity index (χ0) is 32.3. The van der Waals surface area contributed by atoms with Gasteiger partial charge in [-0.2, -0.15) is 0 Å². The van der Waals surface area contributed by atoms with Gasteiger partial charge < -0.3 is 27.4 Å². The first-order valence-electron chi connectivity index (χ1n) is 14.9. The average Bonchev–Trinajstić information content (AvgIpc) is 3.83. The van der Waals surface area contributed by atoms with Crippen LogP contribution in [0.15, 0.2) is 89.9 Å². The number of anilines is 3. The van der Waals surface area contributed by atoms with Gasteiger partial charge in [0.05, 0.1) is 11.9 Å². The van der Waals surface area contributed by atoms with Crippen molar-refractivity contribution in [1.29, 1.82) is 5.41 Å². The van der Waals surface area contributed by atoms with Crippen LogP contribution in [-0.4, -0.2) is 33.2 Å². The molecule has 0 aliphatic heterocycles. The van der Waals surface area contributed by atoms with Crippen molar-refractivity contribution < 1.29 is 9.59 Å². The third-order valence-corrected chi connectivity index (χ3v) is 6.91. The van der Waals surface area contributed by atoms with Crippen LogP contribution in [0.4, 0.5) is 17.2 Å². The van der Waals surface area contributed by atoms with E-state index in [9.17, 15) is 14.4 Å². The number of rotatable bonds is 11. The molecule has 0 saturated heterocycles. The Morgan fingerprint density at radius 3 is 2.20 bits per heavy atom. The second-order valence-corrected chi connectivity index (χ2v) is 11.3. The predicted molar refractivity (Wildman–Crippen MR) is 186 cm³/mol. The maximum Gasteiger partial charge on any atom is 0.294 e. The molecule has 1 aliphatic carbocycles. The van der Waals surface area contributed by atoms with Crippen molar-refractivity contribution in [3.63, 3.8) is 0 Å². The Morgan fingerprint density at radius 1 is 1.00 bits per heavy atom. The maximum absolute atomic E-state index is 13.4. The lowest BCUT2D eigenvalue weighted by atomic mass is 10.1. The minimum absolute atomic E-state index is 0. The van der Waals surface area contributed by atoms with Crippen LogP contribution in [0.5, 0.6) is 0 Å². The van der Waals surface area contributed by atoms with E-state index >= 15 is 0 Å². The van der Waals surface area contributed by atoms with Gasteiger partial charge in [-0.3, -0.25) is 24.4 Å². The number of amidine groups is 1. The molecule has 0 bridgehead atoms. The number of hydrogen-bond acceptors (Lipinski definition) is 7. The normalized spacial score (nSPS) is 11.8. The van der Waals surface area contributed by atoms with Gasteiger partial charge in [0.2, 0.25) is 11.8 Å². The lowest BCUT2D eigenvalue weighted by Crippen LogP contribution is -2.35. The first kappa shape index (κ1) is 35.0. The smallest absolute Gasteiger partial charge is 0.294 e. The van der Waals surface area contributed by atoms with Crippen LogP contribution in [0.3, 0.4) is 0 Å². The second-order valence-electron chi connectivity index (χ2n) is 11.3. The summed E-state index contributed by atoms with van der Waals surface area (Å²) < 4.78 is 1.34. The van der Waals surface area contributed by atoms with E-state index in [-0.39, 0.29) is 50.0 Å². The second kappa shape index (κ2) is 16.6. The summed E-state index contributed by atoms with van der Waals surface area (Å²) in [5, 5.41) is 16.2. The summed E-state index contributed by atoms with van der Waals surface area (Å²) in [5.41, 5.74) is 14.4. The van der Waals surface area contributed by atoms with Crippen molar-refractivity contribution >= 4 is 34.8 Å². The third kappa shape index (κ3) is 10.6. The fourth-order valence-corrected chi connectivity index (χ4v) is 4.50. The Hall–Kier alpha value is -5.45. The molecule has 0 radical (unpaired) electrons. The van der Waals surface area contributed by atoms with Crippen molar-refractivity contribution in [2.24, 2.45) is 11.7 Å². The summed E-state index contributed by atoms with van der Waals surface area (Å²) in [6, 6.07) is 24.0. The molecular formula is C35H44N8O3. The summed E-state index contributed by atoms with van der Waals surface area (Å²) in [6.45, 7) is 3.75. The van der Waals surface area contributed by atoms with Gasteiger partial charge in [-0.05, 0) is 56.4 Å². The monoisotopic (exact) mass is 624 g/mol. The number of nitrogen functional groups attached to an aromatic ring is 2. The molecule has 1 aliphatic rings. The van der Waals surface area contributed by atoms with E-state index in [1.165, 1.54) is 10.8 Å². The quantitative estimate of drug-likeness (QED) is 0.0773. The number of nitrogens with two attached hydrogens (primary N) is 2. The van der Waals surface area contributed by atoms with E-state index in [0.29, 0.717) is 40.5 Å². The van der Waals surface area contributed by atoms with Crippen molar-refractivity contribution in [1.82, 2.24) is 14.9 Å². The van der Waals surface area contributed by atoms with Crippen molar-refractivity contribution in [2.75, 3.05) is 16.4 Å². The van der Waals surface area contributed by atoms with Crippen LogP contribution in [0.1, 0.15) is 51.7 Å². The molecule has 242 valence electrons. The molecule has 4 aromatic rings. The molecule has 0 unspecified atom stereocenters.